The van der Waals surface area contributed by atoms with Crippen molar-refractivity contribution < 1.29 is 14.7 Å². The number of hydrogen-bond acceptors (Lipinski definition) is 4. The summed E-state index contributed by atoms with van der Waals surface area (Å²) in [6.07, 6.45) is 0. The summed E-state index contributed by atoms with van der Waals surface area (Å²) in [5.74, 6) is -0.517. The van der Waals surface area contributed by atoms with E-state index in [1.54, 1.807) is 6.07 Å². The van der Waals surface area contributed by atoms with Gasteiger partial charge in [-0.2, -0.15) is 0 Å². The third-order valence-corrected chi connectivity index (χ3v) is 2.52. The summed E-state index contributed by atoms with van der Waals surface area (Å²) in [5.41, 5.74) is 1.55. The van der Waals surface area contributed by atoms with Gasteiger partial charge in [0.05, 0.1) is 16.6 Å². The Morgan fingerprint density at radius 1 is 1.37 bits per heavy atom. The SMILES string of the molecule is CC(=O)NCCNc1nc2ccc(C(=O)O)cc2[nH]1. The van der Waals surface area contributed by atoms with Crippen molar-refractivity contribution in [2.24, 2.45) is 0 Å². The zero-order chi connectivity index (χ0) is 13.8. The Hall–Kier alpha value is -2.57. The predicted molar refractivity (Wildman–Crippen MR) is 70.2 cm³/mol. The molecule has 0 aliphatic rings. The lowest BCUT2D eigenvalue weighted by Gasteiger charge is -2.02. The van der Waals surface area contributed by atoms with Gasteiger partial charge in [-0.25, -0.2) is 9.78 Å². The Bertz CT molecular complexity index is 620. The summed E-state index contributed by atoms with van der Waals surface area (Å²) in [6, 6.07) is 4.69. The normalized spacial score (nSPS) is 10.4. The van der Waals surface area contributed by atoms with Crippen LogP contribution in [-0.4, -0.2) is 40.0 Å². The summed E-state index contributed by atoms with van der Waals surface area (Å²) >= 11 is 0. The van der Waals surface area contributed by atoms with Crippen molar-refractivity contribution in [3.63, 3.8) is 0 Å². The maximum Gasteiger partial charge on any atom is 0.335 e. The molecule has 0 spiro atoms. The maximum absolute atomic E-state index is 10.8. The number of nitrogens with one attached hydrogen (secondary N) is 3. The van der Waals surface area contributed by atoms with Gasteiger partial charge < -0.3 is 20.7 Å². The lowest BCUT2D eigenvalue weighted by atomic mass is 10.2. The van der Waals surface area contributed by atoms with Gasteiger partial charge >= 0.3 is 5.97 Å². The average Bonchev–Trinajstić information content (AvgIpc) is 2.75. The van der Waals surface area contributed by atoms with Gasteiger partial charge in [-0.1, -0.05) is 0 Å². The number of aromatic carboxylic acids is 1. The molecule has 1 aromatic heterocycles. The van der Waals surface area contributed by atoms with Crippen molar-refractivity contribution in [1.82, 2.24) is 15.3 Å². The zero-order valence-corrected chi connectivity index (χ0v) is 10.4. The third-order valence-electron chi connectivity index (χ3n) is 2.52. The van der Waals surface area contributed by atoms with E-state index in [2.05, 4.69) is 20.6 Å². The molecular weight excluding hydrogens is 248 g/mol. The Morgan fingerprint density at radius 2 is 2.16 bits per heavy atom. The lowest BCUT2D eigenvalue weighted by molar-refractivity contribution is -0.118. The van der Waals surface area contributed by atoms with Gasteiger partial charge in [0, 0.05) is 20.0 Å². The highest BCUT2D eigenvalue weighted by atomic mass is 16.4. The van der Waals surface area contributed by atoms with Crippen LogP contribution in [-0.2, 0) is 4.79 Å². The molecular formula is C12H14N4O3. The Labute approximate surface area is 109 Å². The quantitative estimate of drug-likeness (QED) is 0.596. The Kier molecular flexibility index (Phi) is 3.65. The second-order valence-electron chi connectivity index (χ2n) is 4.03. The zero-order valence-electron chi connectivity index (χ0n) is 10.4. The van der Waals surface area contributed by atoms with Crippen molar-refractivity contribution in [2.45, 2.75) is 6.92 Å². The molecule has 0 aliphatic carbocycles. The van der Waals surface area contributed by atoms with Crippen LogP contribution in [0.4, 0.5) is 5.95 Å². The van der Waals surface area contributed by atoms with Crippen LogP contribution >= 0.6 is 0 Å². The molecule has 0 saturated heterocycles. The molecule has 19 heavy (non-hydrogen) atoms. The summed E-state index contributed by atoms with van der Waals surface area (Å²) in [4.78, 5) is 28.8. The molecule has 100 valence electrons. The monoisotopic (exact) mass is 262 g/mol. The smallest absolute Gasteiger partial charge is 0.335 e. The largest absolute Gasteiger partial charge is 0.478 e. The molecule has 2 rings (SSSR count). The molecule has 1 aromatic carbocycles. The van der Waals surface area contributed by atoms with Crippen LogP contribution in [0.3, 0.4) is 0 Å². The van der Waals surface area contributed by atoms with Crippen molar-refractivity contribution in [2.75, 3.05) is 18.4 Å². The van der Waals surface area contributed by atoms with Gasteiger partial charge in [-0.05, 0) is 18.2 Å². The number of amides is 1. The molecule has 2 aromatic rings. The van der Waals surface area contributed by atoms with Crippen LogP contribution in [0, 0.1) is 0 Å². The number of imidazole rings is 1. The molecule has 0 unspecified atom stereocenters. The van der Waals surface area contributed by atoms with E-state index in [1.807, 2.05) is 0 Å². The number of hydrogen-bond donors (Lipinski definition) is 4. The van der Waals surface area contributed by atoms with E-state index in [1.165, 1.54) is 19.1 Å². The van der Waals surface area contributed by atoms with Gasteiger partial charge in [0.1, 0.15) is 0 Å². The van der Waals surface area contributed by atoms with Crippen LogP contribution in [0.15, 0.2) is 18.2 Å². The van der Waals surface area contributed by atoms with E-state index in [-0.39, 0.29) is 11.5 Å². The van der Waals surface area contributed by atoms with Crippen molar-refractivity contribution in [3.8, 4) is 0 Å². The highest BCUT2D eigenvalue weighted by Gasteiger charge is 2.07. The number of H-pyrrole nitrogens is 1. The Balaban J connectivity index is 2.04. The van der Waals surface area contributed by atoms with E-state index in [0.717, 1.165) is 0 Å². The van der Waals surface area contributed by atoms with Crippen molar-refractivity contribution in [3.05, 3.63) is 23.8 Å². The van der Waals surface area contributed by atoms with Crippen LogP contribution in [0.5, 0.6) is 0 Å². The van der Waals surface area contributed by atoms with Crippen molar-refractivity contribution >= 4 is 28.9 Å². The van der Waals surface area contributed by atoms with Gasteiger partial charge in [-0.3, -0.25) is 4.79 Å². The molecule has 0 bridgehead atoms. The molecule has 1 amide bonds. The van der Waals surface area contributed by atoms with E-state index in [9.17, 15) is 9.59 Å². The molecule has 0 aliphatic heterocycles. The second-order valence-corrected chi connectivity index (χ2v) is 4.03. The maximum atomic E-state index is 10.8. The van der Waals surface area contributed by atoms with E-state index in [0.29, 0.717) is 30.1 Å². The minimum Gasteiger partial charge on any atom is -0.478 e. The number of carbonyl (C=O) groups excluding carboxylic acids is 1. The fourth-order valence-electron chi connectivity index (χ4n) is 1.65. The number of anilines is 1. The van der Waals surface area contributed by atoms with Gasteiger partial charge in [0.25, 0.3) is 0 Å². The second kappa shape index (κ2) is 5.38. The molecule has 0 atom stereocenters. The molecule has 4 N–H and O–H groups in total. The van der Waals surface area contributed by atoms with Crippen LogP contribution in [0.1, 0.15) is 17.3 Å². The number of fused-ring (bicyclic) bond motifs is 1. The summed E-state index contributed by atoms with van der Waals surface area (Å²) in [6.45, 7) is 2.48. The minimum absolute atomic E-state index is 0.0856. The number of nitrogens with zero attached hydrogens (tertiary/aromatic N) is 1. The van der Waals surface area contributed by atoms with Crippen LogP contribution in [0.25, 0.3) is 11.0 Å². The van der Waals surface area contributed by atoms with Crippen LogP contribution in [0.2, 0.25) is 0 Å². The number of rotatable bonds is 5. The average molecular weight is 262 g/mol. The van der Waals surface area contributed by atoms with Gasteiger partial charge in [0.15, 0.2) is 0 Å². The van der Waals surface area contributed by atoms with Gasteiger partial charge in [-0.15, -0.1) is 0 Å². The number of aromatic amines is 1. The molecule has 7 nitrogen and oxygen atoms in total. The summed E-state index contributed by atoms with van der Waals surface area (Å²) in [5, 5.41) is 14.5. The standard InChI is InChI=1S/C12H14N4O3/c1-7(17)13-4-5-14-12-15-9-3-2-8(11(18)19)6-10(9)16-12/h2-3,6H,4-5H2,1H3,(H,13,17)(H,18,19)(H2,14,15,16). The summed E-state index contributed by atoms with van der Waals surface area (Å²) in [7, 11) is 0. The number of carboxylic acids is 1. The first-order valence-corrected chi connectivity index (χ1v) is 5.77. The van der Waals surface area contributed by atoms with E-state index >= 15 is 0 Å². The van der Waals surface area contributed by atoms with E-state index in [4.69, 9.17) is 5.11 Å². The molecule has 0 fully saturated rings. The number of aromatic nitrogens is 2. The molecule has 0 radical (unpaired) electrons. The molecule has 0 saturated carbocycles. The first kappa shape index (κ1) is 12.9. The Morgan fingerprint density at radius 3 is 2.84 bits per heavy atom. The fourth-order valence-corrected chi connectivity index (χ4v) is 1.65. The number of carboxylic acid groups (broad SMARTS) is 1. The summed E-state index contributed by atoms with van der Waals surface area (Å²) < 4.78 is 0. The fraction of sp³-hybridized carbons (Fsp3) is 0.250. The topological polar surface area (TPSA) is 107 Å². The lowest BCUT2D eigenvalue weighted by Crippen LogP contribution is -2.26. The first-order valence-electron chi connectivity index (χ1n) is 5.77. The molecule has 1 heterocycles. The predicted octanol–water partition coefficient (Wildman–Crippen LogP) is 0.809. The van der Waals surface area contributed by atoms with Gasteiger partial charge in [0.2, 0.25) is 11.9 Å². The number of benzene rings is 1. The third kappa shape index (κ3) is 3.21. The number of carbonyl (C=O) groups is 2. The van der Waals surface area contributed by atoms with E-state index < -0.39 is 5.97 Å². The highest BCUT2D eigenvalue weighted by Crippen LogP contribution is 2.15. The molecule has 7 heteroatoms. The first-order chi connectivity index (χ1) is 9.06. The van der Waals surface area contributed by atoms with Crippen molar-refractivity contribution in [1.29, 1.82) is 0 Å². The highest BCUT2D eigenvalue weighted by molar-refractivity contribution is 5.92. The minimum atomic E-state index is -0.975. The van der Waals surface area contributed by atoms with Crippen LogP contribution < -0.4 is 10.6 Å².